The molecule has 19 heavy (non-hydrogen) atoms. The van der Waals surface area contributed by atoms with Crippen LogP contribution in [0.5, 0.6) is 0 Å². The van der Waals surface area contributed by atoms with Gasteiger partial charge in [0.15, 0.2) is 0 Å². The van der Waals surface area contributed by atoms with Crippen molar-refractivity contribution in [3.63, 3.8) is 0 Å². The van der Waals surface area contributed by atoms with Crippen LogP contribution in [0.2, 0.25) is 0 Å². The molecule has 0 bridgehead atoms. The largest absolute Gasteiger partial charge is 0.324 e. The maximum absolute atomic E-state index is 11.6. The predicted molar refractivity (Wildman–Crippen MR) is 80.0 cm³/mol. The molecule has 1 aromatic rings. The van der Waals surface area contributed by atoms with Gasteiger partial charge in [-0.25, -0.2) is 4.79 Å². The lowest BCUT2D eigenvalue weighted by Gasteiger charge is -2.10. The fraction of sp³-hybridized carbons (Fsp3) is 0.385. The van der Waals surface area contributed by atoms with Gasteiger partial charge in [-0.3, -0.25) is 5.32 Å². The highest BCUT2D eigenvalue weighted by Gasteiger charge is 2.19. The minimum Gasteiger partial charge on any atom is -0.307 e. The number of carbonyl (C=O) groups excluding carboxylic acids is 1. The van der Waals surface area contributed by atoms with E-state index in [0.717, 1.165) is 29.7 Å². The third kappa shape index (κ3) is 4.79. The van der Waals surface area contributed by atoms with Crippen LogP contribution in [0.25, 0.3) is 0 Å². The summed E-state index contributed by atoms with van der Waals surface area (Å²) in [6.45, 7) is 3.93. The lowest BCUT2D eigenvalue weighted by atomic mass is 10.1. The number of para-hydroxylation sites is 1. The van der Waals surface area contributed by atoms with E-state index in [0.29, 0.717) is 6.04 Å². The Morgan fingerprint density at radius 3 is 2.53 bits per heavy atom. The molecule has 1 aliphatic rings. The molecule has 5 nitrogen and oxygen atoms in total. The smallest absolute Gasteiger partial charge is 0.307 e. The van der Waals surface area contributed by atoms with Gasteiger partial charge in [0.25, 0.3) is 0 Å². The highest BCUT2D eigenvalue weighted by molar-refractivity contribution is 5.97. The maximum atomic E-state index is 11.6. The summed E-state index contributed by atoms with van der Waals surface area (Å²) in [4.78, 5) is 11.6. The number of nitrogens with zero attached hydrogens (tertiary/aromatic N) is 1. The maximum Gasteiger partial charge on any atom is 0.324 e. The van der Waals surface area contributed by atoms with E-state index < -0.39 is 0 Å². The van der Waals surface area contributed by atoms with Crippen LogP contribution in [-0.2, 0) is 0 Å². The molecule has 1 saturated carbocycles. The molecule has 1 fully saturated rings. The van der Waals surface area contributed by atoms with Crippen molar-refractivity contribution in [1.29, 1.82) is 0 Å². The number of rotatable bonds is 4. The molecule has 2 amide bonds. The minimum absolute atomic E-state index is 0. The van der Waals surface area contributed by atoms with Gasteiger partial charge >= 0.3 is 6.03 Å². The second-order valence-corrected chi connectivity index (χ2v) is 4.53. The fourth-order valence-electron chi connectivity index (χ4n) is 1.61. The quantitative estimate of drug-likeness (QED) is 0.451. The fourth-order valence-corrected chi connectivity index (χ4v) is 1.61. The molecule has 2 rings (SSSR count). The van der Waals surface area contributed by atoms with Gasteiger partial charge in [0.05, 0.1) is 0 Å². The molecule has 0 aromatic heterocycles. The van der Waals surface area contributed by atoms with Gasteiger partial charge < -0.3 is 10.7 Å². The van der Waals surface area contributed by atoms with Crippen LogP contribution >= 0.6 is 12.4 Å². The Bertz CT molecular complexity index is 451. The molecule has 1 aliphatic carbocycles. The first kappa shape index (κ1) is 15.3. The van der Waals surface area contributed by atoms with E-state index in [-0.39, 0.29) is 18.4 Å². The Labute approximate surface area is 119 Å². The van der Waals surface area contributed by atoms with E-state index in [1.165, 1.54) is 6.34 Å². The summed E-state index contributed by atoms with van der Waals surface area (Å²) in [6.07, 6.45) is 3.69. The monoisotopic (exact) mass is 282 g/mol. The highest BCUT2D eigenvalue weighted by atomic mass is 35.5. The van der Waals surface area contributed by atoms with Crippen LogP contribution in [0.1, 0.15) is 24.0 Å². The molecule has 0 unspecified atom stereocenters. The van der Waals surface area contributed by atoms with Crippen molar-refractivity contribution >= 4 is 30.5 Å². The Balaban J connectivity index is 0.00000180. The van der Waals surface area contributed by atoms with E-state index in [2.05, 4.69) is 21.2 Å². The van der Waals surface area contributed by atoms with E-state index in [1.54, 1.807) is 0 Å². The number of anilines is 1. The van der Waals surface area contributed by atoms with Crippen LogP contribution in [0.15, 0.2) is 23.3 Å². The normalized spacial score (nSPS) is 13.8. The number of halogens is 1. The second-order valence-electron chi connectivity index (χ2n) is 4.53. The molecule has 0 spiro atoms. The van der Waals surface area contributed by atoms with E-state index in [1.807, 2.05) is 32.0 Å². The second kappa shape index (κ2) is 6.99. The zero-order valence-electron chi connectivity index (χ0n) is 11.1. The summed E-state index contributed by atoms with van der Waals surface area (Å²) in [7, 11) is 0. The number of hydrogen-bond acceptors (Lipinski definition) is 3. The Kier molecular flexibility index (Phi) is 5.63. The topological polar surface area (TPSA) is 65.5 Å². The lowest BCUT2D eigenvalue weighted by Crippen LogP contribution is -2.29. The average Bonchev–Trinajstić information content (AvgIpc) is 3.14. The van der Waals surface area contributed by atoms with Gasteiger partial charge in [0.2, 0.25) is 0 Å². The average molecular weight is 283 g/mol. The summed E-state index contributed by atoms with van der Waals surface area (Å²) in [5, 5.41) is 9.29. The Morgan fingerprint density at radius 1 is 1.32 bits per heavy atom. The molecule has 0 heterocycles. The number of nitrogens with one attached hydrogen (secondary N) is 3. The number of urea groups is 1. The van der Waals surface area contributed by atoms with Crippen molar-refractivity contribution in [3.05, 3.63) is 29.3 Å². The predicted octanol–water partition coefficient (Wildman–Crippen LogP) is 2.54. The number of benzene rings is 1. The summed E-state index contributed by atoms with van der Waals surface area (Å²) in [6, 6.07) is 6.10. The van der Waals surface area contributed by atoms with Crippen LogP contribution < -0.4 is 16.1 Å². The molecule has 0 aliphatic heterocycles. The summed E-state index contributed by atoms with van der Waals surface area (Å²) in [5.74, 6) is 0. The van der Waals surface area contributed by atoms with Crippen molar-refractivity contribution < 1.29 is 4.79 Å². The number of amides is 2. The third-order valence-corrected chi connectivity index (χ3v) is 2.81. The van der Waals surface area contributed by atoms with E-state index in [4.69, 9.17) is 0 Å². The van der Waals surface area contributed by atoms with E-state index in [9.17, 15) is 4.79 Å². The molecule has 1 aromatic carbocycles. The summed E-state index contributed by atoms with van der Waals surface area (Å²) in [5.41, 5.74) is 5.85. The zero-order chi connectivity index (χ0) is 13.0. The van der Waals surface area contributed by atoms with Crippen molar-refractivity contribution in [2.45, 2.75) is 32.7 Å². The van der Waals surface area contributed by atoms with Crippen LogP contribution in [0, 0.1) is 13.8 Å². The van der Waals surface area contributed by atoms with Gasteiger partial charge in [0.1, 0.15) is 6.34 Å². The van der Waals surface area contributed by atoms with Gasteiger partial charge in [-0.2, -0.15) is 5.10 Å². The first-order valence-electron chi connectivity index (χ1n) is 6.07. The van der Waals surface area contributed by atoms with Crippen molar-refractivity contribution in [3.8, 4) is 0 Å². The first-order valence-corrected chi connectivity index (χ1v) is 6.07. The van der Waals surface area contributed by atoms with Gasteiger partial charge in [-0.15, -0.1) is 12.4 Å². The van der Waals surface area contributed by atoms with Crippen molar-refractivity contribution in [2.24, 2.45) is 5.10 Å². The van der Waals surface area contributed by atoms with Crippen LogP contribution in [0.3, 0.4) is 0 Å². The molecule has 3 N–H and O–H groups in total. The molecular formula is C13H19ClN4O. The Morgan fingerprint density at radius 2 is 1.95 bits per heavy atom. The lowest BCUT2D eigenvalue weighted by molar-refractivity contribution is 0.256. The molecule has 0 saturated heterocycles. The van der Waals surface area contributed by atoms with Gasteiger partial charge in [-0.1, -0.05) is 18.2 Å². The number of carbonyl (C=O) groups is 1. The minimum atomic E-state index is -0.284. The SMILES string of the molecule is Cc1cccc(C)c1NC(=O)NC=NNC1CC1.Cl. The summed E-state index contributed by atoms with van der Waals surface area (Å²) < 4.78 is 0. The number of hydrazone groups is 1. The first-order chi connectivity index (χ1) is 8.66. The zero-order valence-corrected chi connectivity index (χ0v) is 11.9. The van der Waals surface area contributed by atoms with Gasteiger partial charge in [-0.05, 0) is 37.8 Å². The van der Waals surface area contributed by atoms with E-state index >= 15 is 0 Å². The molecule has 104 valence electrons. The summed E-state index contributed by atoms with van der Waals surface area (Å²) >= 11 is 0. The molecule has 0 atom stereocenters. The van der Waals surface area contributed by atoms with Crippen LogP contribution in [-0.4, -0.2) is 18.4 Å². The van der Waals surface area contributed by atoms with Crippen molar-refractivity contribution in [2.75, 3.05) is 5.32 Å². The van der Waals surface area contributed by atoms with Crippen LogP contribution in [0.4, 0.5) is 10.5 Å². The third-order valence-electron chi connectivity index (χ3n) is 2.81. The molecule has 6 heteroatoms. The molecule has 0 radical (unpaired) electrons. The number of aryl methyl sites for hydroxylation is 2. The molecular weight excluding hydrogens is 264 g/mol. The standard InChI is InChI=1S/C13H18N4O.ClH/c1-9-4-3-5-10(2)12(9)16-13(18)14-8-15-17-11-6-7-11;/h3-5,8,11,17H,6-7H2,1-2H3,(H2,14,15,16,18);1H. The number of hydrogen-bond donors (Lipinski definition) is 3. The Hall–Kier alpha value is -1.75. The van der Waals surface area contributed by atoms with Crippen molar-refractivity contribution in [1.82, 2.24) is 10.7 Å². The highest BCUT2D eigenvalue weighted by Crippen LogP contribution is 2.19. The van der Waals surface area contributed by atoms with Gasteiger partial charge in [0, 0.05) is 11.7 Å².